The Morgan fingerprint density at radius 2 is 1.88 bits per heavy atom. The second-order valence-electron chi connectivity index (χ2n) is 5.77. The molecule has 2 rings (SSSR count). The first kappa shape index (κ1) is 18.7. The summed E-state index contributed by atoms with van der Waals surface area (Å²) in [5.74, 6) is 1.34. The molecule has 0 bridgehead atoms. The normalized spacial score (nSPS) is 10.3. The monoisotopic (exact) mass is 342 g/mol. The van der Waals surface area contributed by atoms with Crippen molar-refractivity contribution >= 4 is 11.7 Å². The van der Waals surface area contributed by atoms with Gasteiger partial charge in [0.2, 0.25) is 0 Å². The molecule has 1 aromatic heterocycles. The number of unbranched alkanes of at least 4 members (excludes halogenated alkanes) is 2. The highest BCUT2D eigenvalue weighted by atomic mass is 16.5. The Hall–Kier alpha value is -2.63. The highest BCUT2D eigenvalue weighted by Crippen LogP contribution is 2.11. The number of ether oxygens (including phenoxy) is 1. The van der Waals surface area contributed by atoms with Crippen molar-refractivity contribution in [1.82, 2.24) is 15.3 Å². The maximum Gasteiger partial charge on any atom is 0.271 e. The maximum absolute atomic E-state index is 11.9. The molecule has 0 aliphatic heterocycles. The molecule has 6 nitrogen and oxygen atoms in total. The van der Waals surface area contributed by atoms with Gasteiger partial charge < -0.3 is 15.4 Å². The third-order valence-electron chi connectivity index (χ3n) is 3.83. The molecule has 2 N–H and O–H groups in total. The maximum atomic E-state index is 11.9. The van der Waals surface area contributed by atoms with Gasteiger partial charge in [-0.2, -0.15) is 0 Å². The van der Waals surface area contributed by atoms with E-state index < -0.39 is 0 Å². The largest absolute Gasteiger partial charge is 0.497 e. The van der Waals surface area contributed by atoms with Crippen LogP contribution in [0, 0.1) is 0 Å². The number of benzene rings is 1. The minimum absolute atomic E-state index is 0.173. The van der Waals surface area contributed by atoms with Gasteiger partial charge in [-0.15, -0.1) is 0 Å². The molecule has 0 aliphatic rings. The van der Waals surface area contributed by atoms with Crippen LogP contribution < -0.4 is 15.4 Å². The highest BCUT2D eigenvalue weighted by Gasteiger charge is 2.07. The Morgan fingerprint density at radius 1 is 1.08 bits per heavy atom. The van der Waals surface area contributed by atoms with Gasteiger partial charge in [0, 0.05) is 13.1 Å². The van der Waals surface area contributed by atoms with E-state index in [9.17, 15) is 4.79 Å². The summed E-state index contributed by atoms with van der Waals surface area (Å²) in [4.78, 5) is 20.3. The van der Waals surface area contributed by atoms with Crippen LogP contribution in [0.4, 0.5) is 5.82 Å². The van der Waals surface area contributed by atoms with Crippen LogP contribution in [0.2, 0.25) is 0 Å². The van der Waals surface area contributed by atoms with E-state index in [2.05, 4.69) is 27.5 Å². The highest BCUT2D eigenvalue weighted by molar-refractivity contribution is 5.91. The quantitative estimate of drug-likeness (QED) is 0.649. The average Bonchev–Trinajstić information content (AvgIpc) is 2.66. The summed E-state index contributed by atoms with van der Waals surface area (Å²) in [6.07, 6.45) is 7.20. The minimum Gasteiger partial charge on any atom is -0.497 e. The van der Waals surface area contributed by atoms with Gasteiger partial charge >= 0.3 is 0 Å². The number of methoxy groups -OCH3 is 1. The van der Waals surface area contributed by atoms with E-state index >= 15 is 0 Å². The van der Waals surface area contributed by atoms with Crippen molar-refractivity contribution in [1.29, 1.82) is 0 Å². The summed E-state index contributed by atoms with van der Waals surface area (Å²) in [5, 5.41) is 6.07. The molecule has 2 aromatic rings. The third-order valence-corrected chi connectivity index (χ3v) is 3.83. The fourth-order valence-corrected chi connectivity index (χ4v) is 2.33. The molecule has 1 heterocycles. The number of carbonyl (C=O) groups is 1. The van der Waals surface area contributed by atoms with E-state index in [1.54, 1.807) is 13.3 Å². The number of aromatic nitrogens is 2. The molecule has 0 saturated carbocycles. The van der Waals surface area contributed by atoms with Gasteiger partial charge in [0.25, 0.3) is 5.91 Å². The molecule has 0 radical (unpaired) electrons. The molecule has 0 fully saturated rings. The Kier molecular flexibility index (Phi) is 7.69. The van der Waals surface area contributed by atoms with Crippen LogP contribution in [-0.4, -0.2) is 36.1 Å². The van der Waals surface area contributed by atoms with Gasteiger partial charge in [0.15, 0.2) is 0 Å². The van der Waals surface area contributed by atoms with E-state index in [0.717, 1.165) is 38.0 Å². The summed E-state index contributed by atoms with van der Waals surface area (Å²) in [6, 6.07) is 7.97. The predicted molar refractivity (Wildman–Crippen MR) is 99.1 cm³/mol. The Balaban J connectivity index is 1.74. The zero-order chi connectivity index (χ0) is 17.9. The van der Waals surface area contributed by atoms with Crippen LogP contribution in [0.15, 0.2) is 36.7 Å². The van der Waals surface area contributed by atoms with Gasteiger partial charge in [-0.05, 0) is 30.5 Å². The van der Waals surface area contributed by atoms with Gasteiger partial charge in [-0.3, -0.25) is 4.79 Å². The number of hydrogen-bond acceptors (Lipinski definition) is 5. The van der Waals surface area contributed by atoms with E-state index in [1.807, 2.05) is 24.3 Å². The number of amides is 1. The summed E-state index contributed by atoms with van der Waals surface area (Å²) in [7, 11) is 1.66. The summed E-state index contributed by atoms with van der Waals surface area (Å²) < 4.78 is 5.14. The van der Waals surface area contributed by atoms with E-state index in [0.29, 0.717) is 18.1 Å². The first-order valence-corrected chi connectivity index (χ1v) is 8.70. The van der Waals surface area contributed by atoms with E-state index in [1.165, 1.54) is 11.8 Å². The SMILES string of the molecule is CCCCCNC(=O)c1cnc(NCCc2ccc(OC)cc2)cn1. The van der Waals surface area contributed by atoms with Crippen molar-refractivity contribution < 1.29 is 9.53 Å². The average molecular weight is 342 g/mol. The Labute approximate surface area is 149 Å². The molecule has 6 heteroatoms. The number of hydrogen-bond donors (Lipinski definition) is 2. The van der Waals surface area contributed by atoms with Crippen LogP contribution in [0.3, 0.4) is 0 Å². The van der Waals surface area contributed by atoms with E-state index in [-0.39, 0.29) is 5.91 Å². The van der Waals surface area contributed by atoms with Gasteiger partial charge in [-0.1, -0.05) is 31.9 Å². The fraction of sp³-hybridized carbons (Fsp3) is 0.421. The minimum atomic E-state index is -0.173. The summed E-state index contributed by atoms with van der Waals surface area (Å²) in [6.45, 7) is 3.55. The molecule has 134 valence electrons. The molecule has 1 amide bonds. The van der Waals surface area contributed by atoms with Crippen molar-refractivity contribution in [3.05, 3.63) is 47.9 Å². The Bertz CT molecular complexity index is 641. The number of nitrogens with one attached hydrogen (secondary N) is 2. The predicted octanol–water partition coefficient (Wildman–Crippen LogP) is 3.06. The van der Waals surface area contributed by atoms with E-state index in [4.69, 9.17) is 4.74 Å². The lowest BCUT2D eigenvalue weighted by atomic mass is 10.1. The molecule has 0 atom stereocenters. The van der Waals surface area contributed by atoms with Crippen molar-refractivity contribution in [3.8, 4) is 5.75 Å². The summed E-state index contributed by atoms with van der Waals surface area (Å²) in [5.41, 5.74) is 1.56. The van der Waals surface area contributed by atoms with Crippen LogP contribution in [0.25, 0.3) is 0 Å². The van der Waals surface area contributed by atoms with Crippen LogP contribution in [-0.2, 0) is 6.42 Å². The first-order chi connectivity index (χ1) is 12.2. The third kappa shape index (κ3) is 6.41. The molecule has 0 unspecified atom stereocenters. The second kappa shape index (κ2) is 10.3. The Morgan fingerprint density at radius 3 is 2.52 bits per heavy atom. The van der Waals surface area contributed by atoms with Gasteiger partial charge in [-0.25, -0.2) is 9.97 Å². The zero-order valence-electron chi connectivity index (χ0n) is 14.9. The van der Waals surface area contributed by atoms with Crippen LogP contribution >= 0.6 is 0 Å². The second-order valence-corrected chi connectivity index (χ2v) is 5.77. The molecular formula is C19H26N4O2. The fourth-order valence-electron chi connectivity index (χ4n) is 2.33. The zero-order valence-corrected chi connectivity index (χ0v) is 14.9. The molecule has 0 saturated heterocycles. The van der Waals surface area contributed by atoms with Crippen LogP contribution in [0.5, 0.6) is 5.75 Å². The number of anilines is 1. The van der Waals surface area contributed by atoms with Crippen LogP contribution in [0.1, 0.15) is 42.2 Å². The number of nitrogens with zero attached hydrogens (tertiary/aromatic N) is 2. The lowest BCUT2D eigenvalue weighted by Gasteiger charge is -2.07. The first-order valence-electron chi connectivity index (χ1n) is 8.70. The standard InChI is InChI=1S/C19H26N4O2/c1-3-4-5-11-21-19(24)17-13-23-18(14-22-17)20-12-10-15-6-8-16(25-2)9-7-15/h6-9,13-14H,3-5,10-12H2,1-2H3,(H,20,23)(H,21,24). The molecule has 0 spiro atoms. The summed E-state index contributed by atoms with van der Waals surface area (Å²) >= 11 is 0. The lowest BCUT2D eigenvalue weighted by Crippen LogP contribution is -2.25. The lowest BCUT2D eigenvalue weighted by molar-refractivity contribution is 0.0947. The van der Waals surface area contributed by atoms with Crippen molar-refractivity contribution in [3.63, 3.8) is 0 Å². The molecule has 0 aliphatic carbocycles. The molecule has 1 aromatic carbocycles. The topological polar surface area (TPSA) is 76.1 Å². The number of carbonyl (C=O) groups excluding carboxylic acids is 1. The van der Waals surface area contributed by atoms with Gasteiger partial charge in [0.1, 0.15) is 17.3 Å². The van der Waals surface area contributed by atoms with Crippen molar-refractivity contribution in [2.75, 3.05) is 25.5 Å². The van der Waals surface area contributed by atoms with Crippen molar-refractivity contribution in [2.24, 2.45) is 0 Å². The van der Waals surface area contributed by atoms with Gasteiger partial charge in [0.05, 0.1) is 19.5 Å². The number of rotatable bonds is 10. The van der Waals surface area contributed by atoms with Crippen molar-refractivity contribution in [2.45, 2.75) is 32.6 Å². The smallest absolute Gasteiger partial charge is 0.271 e. The molecular weight excluding hydrogens is 316 g/mol. The molecule has 25 heavy (non-hydrogen) atoms.